The number of rotatable bonds is 7. The minimum atomic E-state index is 0.564. The van der Waals surface area contributed by atoms with Crippen LogP contribution >= 0.6 is 0 Å². The van der Waals surface area contributed by atoms with Gasteiger partial charge in [0.25, 0.3) is 0 Å². The SMILES string of the molecule is c1ccc(-c2cccc(-c3nc(-c4cccc(-c5ccccc5)c4)nc(-c4cccc5oc6cc(-n7c8cc9ccccc9cc8c8ccc9ccccc9c87)c(-c7ccccc7)cc6c45)n3)c2)cc1. The molecule has 14 rings (SSSR count). The predicted molar refractivity (Wildman–Crippen MR) is 289 cm³/mol. The van der Waals surface area contributed by atoms with E-state index in [1.54, 1.807) is 0 Å². The van der Waals surface area contributed by atoms with Crippen LogP contribution in [-0.2, 0) is 0 Å². The molecule has 5 nitrogen and oxygen atoms in total. The van der Waals surface area contributed by atoms with Crippen molar-refractivity contribution in [3.63, 3.8) is 0 Å². The second kappa shape index (κ2) is 16.1. The molecule has 0 aliphatic carbocycles. The third kappa shape index (κ3) is 6.59. The molecule has 3 heterocycles. The third-order valence-corrected chi connectivity index (χ3v) is 13.8. The van der Waals surface area contributed by atoms with E-state index in [9.17, 15) is 0 Å². The standard InChI is InChI=1S/C65H40N4O/c1-4-17-41(18-5-1)45-26-14-28-49(35-45)63-66-64(50-29-15-27-46(36-50)42-19-6-2-7-20-42)68-65(67-63)53-31-16-32-59-61(53)56-39-54(43-21-8-3-9-22-43)58(40-60(56)70-59)69-57-38-48-25-11-10-24-47(48)37-55(57)52-34-33-44-23-12-13-30-51(44)62(52)69/h1-40H. The van der Waals surface area contributed by atoms with Crippen molar-refractivity contribution in [1.82, 2.24) is 19.5 Å². The van der Waals surface area contributed by atoms with Gasteiger partial charge in [-0.3, -0.25) is 0 Å². The highest BCUT2D eigenvalue weighted by Crippen LogP contribution is 2.45. The van der Waals surface area contributed by atoms with Crippen molar-refractivity contribution in [2.24, 2.45) is 0 Å². The molecule has 0 saturated heterocycles. The summed E-state index contributed by atoms with van der Waals surface area (Å²) in [5.74, 6) is 1.74. The minimum Gasteiger partial charge on any atom is -0.456 e. The van der Waals surface area contributed by atoms with E-state index in [2.05, 4.69) is 229 Å². The first-order valence-electron chi connectivity index (χ1n) is 23.7. The first-order chi connectivity index (χ1) is 34.7. The summed E-state index contributed by atoms with van der Waals surface area (Å²) in [5, 5.41) is 9.11. The molecule has 0 N–H and O–H groups in total. The number of nitrogens with zero attached hydrogens (tertiary/aromatic N) is 4. The lowest BCUT2D eigenvalue weighted by atomic mass is 9.98. The molecule has 0 fully saturated rings. The van der Waals surface area contributed by atoms with Crippen LogP contribution in [0.3, 0.4) is 0 Å². The average molecular weight is 893 g/mol. The zero-order valence-corrected chi connectivity index (χ0v) is 37.8. The maximum atomic E-state index is 7.00. The number of aromatic nitrogens is 4. The first kappa shape index (κ1) is 39.7. The van der Waals surface area contributed by atoms with Gasteiger partial charge in [0.05, 0.1) is 16.7 Å². The Morgan fingerprint density at radius 1 is 0.300 bits per heavy atom. The van der Waals surface area contributed by atoms with Crippen molar-refractivity contribution < 1.29 is 4.42 Å². The quantitative estimate of drug-likeness (QED) is 0.160. The lowest BCUT2D eigenvalue weighted by Crippen LogP contribution is -2.01. The van der Waals surface area contributed by atoms with E-state index < -0.39 is 0 Å². The summed E-state index contributed by atoms with van der Waals surface area (Å²) in [7, 11) is 0. The molecule has 70 heavy (non-hydrogen) atoms. The fraction of sp³-hybridized carbons (Fsp3) is 0. The molecule has 0 amide bonds. The fourth-order valence-corrected chi connectivity index (χ4v) is 10.5. The van der Waals surface area contributed by atoms with Gasteiger partial charge >= 0.3 is 0 Å². The van der Waals surface area contributed by atoms with Crippen molar-refractivity contribution in [2.45, 2.75) is 0 Å². The van der Waals surface area contributed by atoms with Crippen LogP contribution in [0.2, 0.25) is 0 Å². The van der Waals surface area contributed by atoms with Crippen molar-refractivity contribution in [3.8, 4) is 73.2 Å². The summed E-state index contributed by atoms with van der Waals surface area (Å²) in [5.41, 5.74) is 14.1. The summed E-state index contributed by atoms with van der Waals surface area (Å²) in [6.07, 6.45) is 0. The van der Waals surface area contributed by atoms with E-state index in [4.69, 9.17) is 19.4 Å². The van der Waals surface area contributed by atoms with Crippen LogP contribution in [0.4, 0.5) is 0 Å². The second-order valence-electron chi connectivity index (χ2n) is 17.9. The van der Waals surface area contributed by atoms with Crippen LogP contribution in [0.25, 0.3) is 139 Å². The van der Waals surface area contributed by atoms with Crippen LogP contribution in [0.15, 0.2) is 247 Å². The maximum Gasteiger partial charge on any atom is 0.164 e. The first-order valence-corrected chi connectivity index (χ1v) is 23.7. The van der Waals surface area contributed by atoms with E-state index in [-0.39, 0.29) is 0 Å². The Balaban J connectivity index is 1.03. The van der Waals surface area contributed by atoms with Crippen LogP contribution in [0.5, 0.6) is 0 Å². The molecule has 14 aromatic rings. The molecular formula is C65H40N4O. The molecule has 0 atom stereocenters. The third-order valence-electron chi connectivity index (χ3n) is 13.8. The van der Waals surface area contributed by atoms with Crippen LogP contribution in [0, 0.1) is 0 Å². The highest BCUT2D eigenvalue weighted by Gasteiger charge is 2.24. The van der Waals surface area contributed by atoms with Gasteiger partial charge in [-0.25, -0.2) is 15.0 Å². The molecule has 0 radical (unpaired) electrons. The van der Waals surface area contributed by atoms with Gasteiger partial charge in [-0.1, -0.05) is 200 Å². The Labute approximate surface area is 403 Å². The molecular weight excluding hydrogens is 853 g/mol. The Morgan fingerprint density at radius 2 is 0.843 bits per heavy atom. The molecule has 3 aromatic heterocycles. The van der Waals surface area contributed by atoms with E-state index >= 15 is 0 Å². The van der Waals surface area contributed by atoms with Gasteiger partial charge in [0.2, 0.25) is 0 Å². The highest BCUT2D eigenvalue weighted by atomic mass is 16.3. The molecule has 0 aliphatic heterocycles. The van der Waals surface area contributed by atoms with E-state index in [0.717, 1.165) is 88.7 Å². The highest BCUT2D eigenvalue weighted by molar-refractivity contribution is 6.22. The zero-order chi connectivity index (χ0) is 46.1. The number of fused-ring (bicyclic) bond motifs is 9. The van der Waals surface area contributed by atoms with Gasteiger partial charge < -0.3 is 8.98 Å². The van der Waals surface area contributed by atoms with Crippen molar-refractivity contribution in [1.29, 1.82) is 0 Å². The van der Waals surface area contributed by atoms with E-state index in [0.29, 0.717) is 17.5 Å². The van der Waals surface area contributed by atoms with Crippen molar-refractivity contribution in [3.05, 3.63) is 243 Å². The molecule has 0 saturated carbocycles. The molecule has 11 aromatic carbocycles. The van der Waals surface area contributed by atoms with Crippen LogP contribution in [-0.4, -0.2) is 19.5 Å². The van der Waals surface area contributed by atoms with Gasteiger partial charge in [-0.15, -0.1) is 0 Å². The van der Waals surface area contributed by atoms with Crippen LogP contribution < -0.4 is 0 Å². The summed E-state index contributed by atoms with van der Waals surface area (Å²) in [6, 6.07) is 85.8. The van der Waals surface area contributed by atoms with Crippen LogP contribution in [0.1, 0.15) is 0 Å². The molecule has 0 aliphatic rings. The summed E-state index contributed by atoms with van der Waals surface area (Å²) >= 11 is 0. The Bertz CT molecular complexity index is 4240. The second-order valence-corrected chi connectivity index (χ2v) is 17.9. The molecule has 5 heteroatoms. The van der Waals surface area contributed by atoms with Crippen molar-refractivity contribution >= 4 is 65.3 Å². The van der Waals surface area contributed by atoms with E-state index in [1.165, 1.54) is 32.3 Å². The molecule has 0 unspecified atom stereocenters. The normalized spacial score (nSPS) is 11.7. The average Bonchev–Trinajstić information content (AvgIpc) is 3.97. The maximum absolute atomic E-state index is 7.00. The zero-order valence-electron chi connectivity index (χ0n) is 37.8. The Morgan fingerprint density at radius 3 is 1.51 bits per heavy atom. The molecule has 326 valence electrons. The van der Waals surface area contributed by atoms with Gasteiger partial charge in [0, 0.05) is 55.3 Å². The largest absolute Gasteiger partial charge is 0.456 e. The van der Waals surface area contributed by atoms with Gasteiger partial charge in [0.1, 0.15) is 11.2 Å². The van der Waals surface area contributed by atoms with Gasteiger partial charge in [-0.2, -0.15) is 0 Å². The topological polar surface area (TPSA) is 56.7 Å². The molecule has 0 bridgehead atoms. The van der Waals surface area contributed by atoms with Crippen molar-refractivity contribution in [2.75, 3.05) is 0 Å². The molecule has 0 spiro atoms. The number of hydrogen-bond acceptors (Lipinski definition) is 4. The number of furan rings is 1. The minimum absolute atomic E-state index is 0.564. The monoisotopic (exact) mass is 892 g/mol. The van der Waals surface area contributed by atoms with Gasteiger partial charge in [-0.05, 0) is 80.4 Å². The van der Waals surface area contributed by atoms with Gasteiger partial charge in [0.15, 0.2) is 17.5 Å². The summed E-state index contributed by atoms with van der Waals surface area (Å²) in [6.45, 7) is 0. The van der Waals surface area contributed by atoms with E-state index in [1.807, 2.05) is 18.2 Å². The fourth-order valence-electron chi connectivity index (χ4n) is 10.5. The smallest absolute Gasteiger partial charge is 0.164 e. The summed E-state index contributed by atoms with van der Waals surface area (Å²) in [4.78, 5) is 15.9. The lowest BCUT2D eigenvalue weighted by Gasteiger charge is -2.16. The number of hydrogen-bond donors (Lipinski definition) is 0. The lowest BCUT2D eigenvalue weighted by molar-refractivity contribution is 0.668. The Kier molecular flexibility index (Phi) is 9.14. The summed E-state index contributed by atoms with van der Waals surface area (Å²) < 4.78 is 9.47. The predicted octanol–water partition coefficient (Wildman–Crippen LogP) is 17.2. The Hall–Kier alpha value is -9.45. The number of benzene rings is 11.